The van der Waals surface area contributed by atoms with Crippen molar-refractivity contribution in [2.24, 2.45) is 10.2 Å². The van der Waals surface area contributed by atoms with Gasteiger partial charge in [-0.3, -0.25) is 9.59 Å². The summed E-state index contributed by atoms with van der Waals surface area (Å²) in [4.78, 5) is 23.8. The summed E-state index contributed by atoms with van der Waals surface area (Å²) >= 11 is 2.22. The molecule has 6 heteroatoms. The van der Waals surface area contributed by atoms with Gasteiger partial charge in [0.25, 0.3) is 5.91 Å². The molecule has 1 heterocycles. The molecule has 1 aliphatic rings. The monoisotopic (exact) mass is 495 g/mol. The van der Waals surface area contributed by atoms with Crippen LogP contribution in [-0.2, 0) is 11.2 Å². The highest BCUT2D eigenvalue weighted by Crippen LogP contribution is 2.37. The normalized spacial score (nSPS) is 15.1. The molecule has 1 unspecified atom stereocenters. The predicted molar refractivity (Wildman–Crippen MR) is 121 cm³/mol. The Morgan fingerprint density at radius 2 is 1.76 bits per heavy atom. The smallest absolute Gasteiger partial charge is 0.296 e. The molecule has 0 saturated heterocycles. The Morgan fingerprint density at radius 1 is 1.03 bits per heavy atom. The van der Waals surface area contributed by atoms with Crippen LogP contribution in [0.3, 0.4) is 0 Å². The Hall–Kier alpha value is -2.87. The molecule has 0 bridgehead atoms. The van der Waals surface area contributed by atoms with Crippen LogP contribution in [0.4, 0.5) is 5.69 Å². The molecular formula is C23H18IN3O2. The SMILES string of the molecule is CC(=O)Nc1ccc(-c2ccc3c(c2I)C(=O)N=NC3Cc2ccccc2)cc1. The van der Waals surface area contributed by atoms with Gasteiger partial charge in [0.1, 0.15) is 6.04 Å². The number of nitrogens with one attached hydrogen (secondary N) is 1. The van der Waals surface area contributed by atoms with Gasteiger partial charge in [0.15, 0.2) is 0 Å². The van der Waals surface area contributed by atoms with Gasteiger partial charge < -0.3 is 5.32 Å². The summed E-state index contributed by atoms with van der Waals surface area (Å²) < 4.78 is 0.870. The molecule has 0 saturated carbocycles. The van der Waals surface area contributed by atoms with Gasteiger partial charge in [-0.05, 0) is 57.0 Å². The Labute approximate surface area is 182 Å². The molecule has 1 atom stereocenters. The first-order chi connectivity index (χ1) is 14.0. The molecule has 0 fully saturated rings. The summed E-state index contributed by atoms with van der Waals surface area (Å²) in [6, 6.07) is 21.5. The number of halogens is 1. The Balaban J connectivity index is 1.69. The van der Waals surface area contributed by atoms with Gasteiger partial charge in [0, 0.05) is 22.6 Å². The minimum Gasteiger partial charge on any atom is -0.326 e. The van der Waals surface area contributed by atoms with Crippen LogP contribution in [0.25, 0.3) is 11.1 Å². The van der Waals surface area contributed by atoms with E-state index in [1.54, 1.807) is 0 Å². The first-order valence-electron chi connectivity index (χ1n) is 9.22. The molecule has 5 nitrogen and oxygen atoms in total. The van der Waals surface area contributed by atoms with Crippen molar-refractivity contribution in [2.75, 3.05) is 5.32 Å². The predicted octanol–water partition coefficient (Wildman–Crippen LogP) is 5.81. The molecule has 4 rings (SSSR count). The van der Waals surface area contributed by atoms with Gasteiger partial charge in [-0.2, -0.15) is 5.11 Å². The number of fused-ring (bicyclic) bond motifs is 1. The minimum atomic E-state index is -0.301. The lowest BCUT2D eigenvalue weighted by molar-refractivity contribution is -0.114. The fourth-order valence-corrected chi connectivity index (χ4v) is 4.50. The van der Waals surface area contributed by atoms with Gasteiger partial charge in [0.05, 0.1) is 5.56 Å². The molecule has 2 amide bonds. The fraction of sp³-hybridized carbons (Fsp3) is 0.130. The number of hydrogen-bond acceptors (Lipinski definition) is 3. The van der Waals surface area contributed by atoms with Gasteiger partial charge in [-0.25, -0.2) is 0 Å². The second-order valence-corrected chi connectivity index (χ2v) is 7.95. The average Bonchev–Trinajstić information content (AvgIpc) is 2.71. The number of rotatable bonds is 4. The van der Waals surface area contributed by atoms with Gasteiger partial charge in [-0.15, -0.1) is 5.11 Å². The first-order valence-corrected chi connectivity index (χ1v) is 10.3. The highest BCUT2D eigenvalue weighted by Gasteiger charge is 2.28. The number of carbonyl (C=O) groups excluding carboxylic acids is 2. The maximum absolute atomic E-state index is 12.6. The zero-order valence-electron chi connectivity index (χ0n) is 15.7. The first kappa shape index (κ1) is 19.4. The number of anilines is 1. The Bertz CT molecular complexity index is 1110. The summed E-state index contributed by atoms with van der Waals surface area (Å²) in [5, 5.41) is 10.9. The molecule has 3 aromatic carbocycles. The average molecular weight is 495 g/mol. The van der Waals surface area contributed by atoms with Gasteiger partial charge in [-0.1, -0.05) is 54.6 Å². The van der Waals surface area contributed by atoms with E-state index in [2.05, 4.69) is 50.3 Å². The zero-order chi connectivity index (χ0) is 20.4. The molecule has 0 aliphatic carbocycles. The van der Waals surface area contributed by atoms with Crippen LogP contribution in [-0.4, -0.2) is 11.8 Å². The minimum absolute atomic E-state index is 0.110. The third-order valence-electron chi connectivity index (χ3n) is 4.82. The largest absolute Gasteiger partial charge is 0.326 e. The number of amides is 2. The lowest BCUT2D eigenvalue weighted by atomic mass is 9.91. The molecule has 1 aliphatic heterocycles. The quantitative estimate of drug-likeness (QED) is 0.465. The van der Waals surface area contributed by atoms with Crippen LogP contribution in [0, 0.1) is 3.57 Å². The van der Waals surface area contributed by atoms with E-state index >= 15 is 0 Å². The van der Waals surface area contributed by atoms with Crippen molar-refractivity contribution in [3.63, 3.8) is 0 Å². The van der Waals surface area contributed by atoms with Crippen LogP contribution in [0.15, 0.2) is 77.0 Å². The standard InChI is InChI=1S/C23H18IN3O2/c1-14(28)25-17-9-7-16(8-10-17)18-11-12-19-20(13-15-5-3-2-4-6-15)26-27-23(29)21(19)22(18)24/h2-12,20H,13H2,1H3,(H,25,28). The zero-order valence-corrected chi connectivity index (χ0v) is 17.9. The fourth-order valence-electron chi connectivity index (χ4n) is 3.47. The number of nitrogens with zero attached hydrogens (tertiary/aromatic N) is 2. The third-order valence-corrected chi connectivity index (χ3v) is 5.94. The van der Waals surface area contributed by atoms with E-state index in [1.807, 2.05) is 54.6 Å². The van der Waals surface area contributed by atoms with E-state index < -0.39 is 0 Å². The number of hydrogen-bond donors (Lipinski definition) is 1. The molecule has 0 spiro atoms. The van der Waals surface area contributed by atoms with Crippen LogP contribution in [0.5, 0.6) is 0 Å². The van der Waals surface area contributed by atoms with Crippen LogP contribution in [0.2, 0.25) is 0 Å². The molecule has 0 radical (unpaired) electrons. The van der Waals surface area contributed by atoms with Crippen molar-refractivity contribution in [3.8, 4) is 11.1 Å². The second kappa shape index (κ2) is 8.24. The van der Waals surface area contributed by atoms with E-state index in [4.69, 9.17) is 0 Å². The van der Waals surface area contributed by atoms with Crippen molar-refractivity contribution in [3.05, 3.63) is 87.0 Å². The van der Waals surface area contributed by atoms with Crippen molar-refractivity contribution in [2.45, 2.75) is 19.4 Å². The molecule has 144 valence electrons. The third kappa shape index (κ3) is 4.12. The van der Waals surface area contributed by atoms with E-state index in [0.29, 0.717) is 12.0 Å². The molecule has 0 aromatic heterocycles. The molecule has 3 aromatic rings. The maximum atomic E-state index is 12.6. The molecular weight excluding hydrogens is 477 g/mol. The van der Waals surface area contributed by atoms with Gasteiger partial charge in [0.2, 0.25) is 5.91 Å². The van der Waals surface area contributed by atoms with Crippen molar-refractivity contribution in [1.82, 2.24) is 0 Å². The summed E-state index contributed by atoms with van der Waals surface area (Å²) in [7, 11) is 0. The summed E-state index contributed by atoms with van der Waals surface area (Å²) in [6.07, 6.45) is 0.700. The number of carbonyl (C=O) groups is 2. The van der Waals surface area contributed by atoms with Crippen molar-refractivity contribution < 1.29 is 9.59 Å². The number of azo groups is 1. The van der Waals surface area contributed by atoms with E-state index in [9.17, 15) is 9.59 Å². The maximum Gasteiger partial charge on any atom is 0.296 e. The Morgan fingerprint density at radius 3 is 2.45 bits per heavy atom. The van der Waals surface area contributed by atoms with E-state index in [-0.39, 0.29) is 17.9 Å². The topological polar surface area (TPSA) is 70.9 Å². The number of benzene rings is 3. The van der Waals surface area contributed by atoms with Crippen molar-refractivity contribution >= 4 is 40.1 Å². The van der Waals surface area contributed by atoms with E-state index in [1.165, 1.54) is 6.92 Å². The second-order valence-electron chi connectivity index (χ2n) is 6.88. The highest BCUT2D eigenvalue weighted by molar-refractivity contribution is 14.1. The van der Waals surface area contributed by atoms with Crippen LogP contribution >= 0.6 is 22.6 Å². The summed E-state index contributed by atoms with van der Waals surface area (Å²) in [5.74, 6) is -0.410. The van der Waals surface area contributed by atoms with Crippen LogP contribution < -0.4 is 5.32 Å². The summed E-state index contributed by atoms with van der Waals surface area (Å²) in [5.41, 5.74) is 5.37. The summed E-state index contributed by atoms with van der Waals surface area (Å²) in [6.45, 7) is 1.48. The lowest BCUT2D eigenvalue weighted by Gasteiger charge is -2.21. The molecule has 29 heavy (non-hydrogen) atoms. The van der Waals surface area contributed by atoms with Crippen molar-refractivity contribution in [1.29, 1.82) is 0 Å². The van der Waals surface area contributed by atoms with Gasteiger partial charge >= 0.3 is 0 Å². The lowest BCUT2D eigenvalue weighted by Crippen LogP contribution is -2.14. The van der Waals surface area contributed by atoms with Crippen LogP contribution in [0.1, 0.15) is 34.5 Å². The van der Waals surface area contributed by atoms with E-state index in [0.717, 1.165) is 31.5 Å². The highest BCUT2D eigenvalue weighted by atomic mass is 127. The molecule has 1 N–H and O–H groups in total. The Kier molecular flexibility index (Phi) is 5.53.